The van der Waals surface area contributed by atoms with Crippen molar-refractivity contribution in [2.75, 3.05) is 25.0 Å². The van der Waals surface area contributed by atoms with Crippen LogP contribution in [0.3, 0.4) is 0 Å². The zero-order valence-corrected chi connectivity index (χ0v) is 11.8. The van der Waals surface area contributed by atoms with Gasteiger partial charge in [-0.2, -0.15) is 0 Å². The summed E-state index contributed by atoms with van der Waals surface area (Å²) < 4.78 is 1.02. The molecule has 94 valence electrons. The molecule has 2 aromatic rings. The number of benzene rings is 1. The fourth-order valence-electron chi connectivity index (χ4n) is 1.64. The van der Waals surface area contributed by atoms with Crippen LogP contribution >= 0.6 is 15.9 Å². The predicted molar refractivity (Wildman–Crippen MR) is 77.5 cm³/mol. The van der Waals surface area contributed by atoms with Crippen molar-refractivity contribution in [3.8, 4) is 11.4 Å². The van der Waals surface area contributed by atoms with Crippen LogP contribution in [0.1, 0.15) is 0 Å². The molecule has 0 atom stereocenters. The summed E-state index contributed by atoms with van der Waals surface area (Å²) >= 11 is 3.45. The van der Waals surface area contributed by atoms with Crippen molar-refractivity contribution in [2.45, 2.75) is 0 Å². The van der Waals surface area contributed by atoms with Gasteiger partial charge in [0.15, 0.2) is 5.82 Å². The Hall–Kier alpha value is -1.46. The molecule has 2 N–H and O–H groups in total. The largest absolute Gasteiger partial charge is 0.358 e. The average Bonchev–Trinajstić information content (AvgIpc) is 2.39. The van der Waals surface area contributed by atoms with Crippen molar-refractivity contribution >= 4 is 21.7 Å². The lowest BCUT2D eigenvalue weighted by Gasteiger charge is -2.17. The van der Waals surface area contributed by atoms with Crippen molar-refractivity contribution in [3.63, 3.8) is 0 Å². The van der Waals surface area contributed by atoms with Gasteiger partial charge in [0.1, 0.15) is 5.82 Å². The minimum atomic E-state index is 0.604. The van der Waals surface area contributed by atoms with Crippen LogP contribution in [0.25, 0.3) is 11.4 Å². The molecule has 4 nitrogen and oxygen atoms in total. The molecular weight excluding hydrogens is 292 g/mol. The lowest BCUT2D eigenvalue weighted by Crippen LogP contribution is -2.25. The summed E-state index contributed by atoms with van der Waals surface area (Å²) in [5, 5.41) is 0. The fourth-order valence-corrected chi connectivity index (χ4v) is 2.04. The third-order valence-electron chi connectivity index (χ3n) is 2.58. The third-order valence-corrected chi connectivity index (χ3v) is 3.07. The number of nitrogens with zero attached hydrogens (tertiary/aromatic N) is 3. The van der Waals surface area contributed by atoms with Gasteiger partial charge in [-0.15, -0.1) is 0 Å². The molecule has 0 saturated carbocycles. The van der Waals surface area contributed by atoms with Gasteiger partial charge in [0.25, 0.3) is 0 Å². The SMILES string of the molecule is CN(CCN)c1ccnc(-c2cccc(Br)c2)n1. The Morgan fingerprint density at radius 2 is 2.17 bits per heavy atom. The van der Waals surface area contributed by atoms with E-state index < -0.39 is 0 Å². The van der Waals surface area contributed by atoms with Crippen LogP contribution in [0.4, 0.5) is 5.82 Å². The normalized spacial score (nSPS) is 10.4. The lowest BCUT2D eigenvalue weighted by molar-refractivity contribution is 0.865. The van der Waals surface area contributed by atoms with Gasteiger partial charge < -0.3 is 10.6 Å². The van der Waals surface area contributed by atoms with Crippen molar-refractivity contribution in [1.29, 1.82) is 0 Å². The summed E-state index contributed by atoms with van der Waals surface area (Å²) in [5.74, 6) is 1.60. The smallest absolute Gasteiger partial charge is 0.161 e. The molecular formula is C13H15BrN4. The number of halogens is 1. The van der Waals surface area contributed by atoms with Gasteiger partial charge in [0.05, 0.1) is 0 Å². The number of rotatable bonds is 4. The average molecular weight is 307 g/mol. The standard InChI is InChI=1S/C13H15BrN4/c1-18(8-6-15)12-5-7-16-13(17-12)10-3-2-4-11(14)9-10/h2-5,7,9H,6,8,15H2,1H3. The molecule has 0 saturated heterocycles. The minimum absolute atomic E-state index is 0.604. The summed E-state index contributed by atoms with van der Waals surface area (Å²) in [6, 6.07) is 9.83. The zero-order chi connectivity index (χ0) is 13.0. The molecule has 0 bridgehead atoms. The topological polar surface area (TPSA) is 55.0 Å². The molecule has 0 radical (unpaired) electrons. The number of nitrogens with two attached hydrogens (primary N) is 1. The quantitative estimate of drug-likeness (QED) is 0.942. The zero-order valence-electron chi connectivity index (χ0n) is 10.2. The van der Waals surface area contributed by atoms with E-state index >= 15 is 0 Å². The maximum absolute atomic E-state index is 5.54. The second kappa shape index (κ2) is 5.93. The highest BCUT2D eigenvalue weighted by Gasteiger charge is 2.06. The molecule has 0 spiro atoms. The fraction of sp³-hybridized carbons (Fsp3) is 0.231. The highest BCUT2D eigenvalue weighted by molar-refractivity contribution is 9.10. The van der Waals surface area contributed by atoms with Gasteiger partial charge in [-0.3, -0.25) is 0 Å². The molecule has 0 aliphatic carbocycles. The number of anilines is 1. The predicted octanol–water partition coefficient (Wildman–Crippen LogP) is 2.30. The third kappa shape index (κ3) is 3.05. The van der Waals surface area contributed by atoms with Crippen molar-refractivity contribution in [2.24, 2.45) is 5.73 Å². The molecule has 1 aromatic carbocycles. The molecule has 0 aliphatic heterocycles. The second-order valence-electron chi connectivity index (χ2n) is 3.96. The second-order valence-corrected chi connectivity index (χ2v) is 4.87. The highest BCUT2D eigenvalue weighted by atomic mass is 79.9. The Balaban J connectivity index is 2.32. The van der Waals surface area contributed by atoms with Crippen molar-refractivity contribution < 1.29 is 0 Å². The van der Waals surface area contributed by atoms with Gasteiger partial charge in [0.2, 0.25) is 0 Å². The van der Waals surface area contributed by atoms with Crippen LogP contribution in [0.2, 0.25) is 0 Å². The molecule has 2 rings (SSSR count). The van der Waals surface area contributed by atoms with E-state index in [1.807, 2.05) is 42.3 Å². The van der Waals surface area contributed by atoms with Gasteiger partial charge in [-0.05, 0) is 18.2 Å². The van der Waals surface area contributed by atoms with Crippen molar-refractivity contribution in [3.05, 3.63) is 41.0 Å². The summed E-state index contributed by atoms with van der Waals surface area (Å²) in [5.41, 5.74) is 6.54. The Morgan fingerprint density at radius 3 is 2.89 bits per heavy atom. The lowest BCUT2D eigenvalue weighted by atomic mass is 10.2. The first kappa shape index (κ1) is 13.0. The Kier molecular flexibility index (Phi) is 4.28. The van der Waals surface area contributed by atoms with Gasteiger partial charge in [-0.25, -0.2) is 9.97 Å². The van der Waals surface area contributed by atoms with E-state index in [0.717, 1.165) is 28.2 Å². The van der Waals surface area contributed by atoms with Crippen molar-refractivity contribution in [1.82, 2.24) is 9.97 Å². The van der Waals surface area contributed by atoms with E-state index in [9.17, 15) is 0 Å². The Bertz CT molecular complexity index is 530. The molecule has 0 aliphatic rings. The van der Waals surface area contributed by atoms with E-state index in [-0.39, 0.29) is 0 Å². The maximum atomic E-state index is 5.54. The molecule has 5 heteroatoms. The Labute approximate surface area is 115 Å². The first-order chi connectivity index (χ1) is 8.70. The summed E-state index contributed by atoms with van der Waals surface area (Å²) in [7, 11) is 1.97. The number of aromatic nitrogens is 2. The molecule has 1 aromatic heterocycles. The monoisotopic (exact) mass is 306 g/mol. The van der Waals surface area contributed by atoms with Crippen LogP contribution < -0.4 is 10.6 Å². The van der Waals surface area contributed by atoms with Crippen LogP contribution in [-0.2, 0) is 0 Å². The minimum Gasteiger partial charge on any atom is -0.358 e. The molecule has 1 heterocycles. The number of hydrogen-bond acceptors (Lipinski definition) is 4. The molecule has 0 unspecified atom stereocenters. The van der Waals surface area contributed by atoms with Gasteiger partial charge in [0, 0.05) is 36.4 Å². The van der Waals surface area contributed by atoms with Gasteiger partial charge in [-0.1, -0.05) is 28.1 Å². The van der Waals surface area contributed by atoms with E-state index in [1.165, 1.54) is 0 Å². The first-order valence-electron chi connectivity index (χ1n) is 5.71. The maximum Gasteiger partial charge on any atom is 0.161 e. The van der Waals surface area contributed by atoms with E-state index in [2.05, 4.69) is 25.9 Å². The summed E-state index contributed by atoms with van der Waals surface area (Å²) in [4.78, 5) is 10.9. The molecule has 18 heavy (non-hydrogen) atoms. The number of likely N-dealkylation sites (N-methyl/N-ethyl adjacent to an activating group) is 1. The molecule has 0 amide bonds. The van der Waals surface area contributed by atoms with Crippen LogP contribution in [0.5, 0.6) is 0 Å². The van der Waals surface area contributed by atoms with E-state index in [4.69, 9.17) is 5.73 Å². The summed E-state index contributed by atoms with van der Waals surface area (Å²) in [6.07, 6.45) is 1.77. The van der Waals surface area contributed by atoms with E-state index in [1.54, 1.807) is 6.20 Å². The first-order valence-corrected chi connectivity index (χ1v) is 6.50. The van der Waals surface area contributed by atoms with Gasteiger partial charge >= 0.3 is 0 Å². The van der Waals surface area contributed by atoms with Crippen LogP contribution in [-0.4, -0.2) is 30.1 Å². The van der Waals surface area contributed by atoms with Crippen LogP contribution in [0, 0.1) is 0 Å². The summed E-state index contributed by atoms with van der Waals surface area (Å²) in [6.45, 7) is 1.38. The highest BCUT2D eigenvalue weighted by Crippen LogP contribution is 2.21. The van der Waals surface area contributed by atoms with Crippen LogP contribution in [0.15, 0.2) is 41.0 Å². The molecule has 0 fully saturated rings. The number of hydrogen-bond donors (Lipinski definition) is 1. The van der Waals surface area contributed by atoms with E-state index in [0.29, 0.717) is 6.54 Å². The Morgan fingerprint density at radius 1 is 1.33 bits per heavy atom.